The molecule has 2 N–H and O–H groups in total. The summed E-state index contributed by atoms with van der Waals surface area (Å²) in [6.45, 7) is 2.17. The predicted octanol–water partition coefficient (Wildman–Crippen LogP) is 2.52. The summed E-state index contributed by atoms with van der Waals surface area (Å²) in [6, 6.07) is 3.32. The molecular formula is C12H16N2O2. The fourth-order valence-corrected chi connectivity index (χ4v) is 2.07. The number of carboxylic acid groups (broad SMARTS) is 1. The van der Waals surface area contributed by atoms with Crippen LogP contribution in [-0.2, 0) is 0 Å². The molecule has 0 bridgehead atoms. The first-order valence-corrected chi connectivity index (χ1v) is 5.63. The predicted molar refractivity (Wildman–Crippen MR) is 61.7 cm³/mol. The second-order valence-electron chi connectivity index (χ2n) is 4.35. The average Bonchev–Trinajstić information content (AvgIpc) is 2.24. The first-order valence-electron chi connectivity index (χ1n) is 5.63. The van der Waals surface area contributed by atoms with Gasteiger partial charge in [0.25, 0.3) is 0 Å². The van der Waals surface area contributed by atoms with Gasteiger partial charge in [-0.05, 0) is 37.8 Å². The number of pyridine rings is 1. The molecule has 4 heteroatoms. The zero-order valence-corrected chi connectivity index (χ0v) is 9.36. The van der Waals surface area contributed by atoms with Crippen LogP contribution in [0.5, 0.6) is 0 Å². The maximum Gasteiger partial charge on any atom is 0.354 e. The second-order valence-corrected chi connectivity index (χ2v) is 4.35. The van der Waals surface area contributed by atoms with Crippen molar-refractivity contribution in [1.29, 1.82) is 0 Å². The molecule has 4 nitrogen and oxygen atoms in total. The first-order chi connectivity index (χ1) is 7.65. The Kier molecular flexibility index (Phi) is 2.81. The van der Waals surface area contributed by atoms with Gasteiger partial charge in [-0.1, -0.05) is 6.92 Å². The Labute approximate surface area is 94.7 Å². The molecule has 1 saturated carbocycles. The Morgan fingerprint density at radius 2 is 2.31 bits per heavy atom. The normalized spacial score (nSPS) is 17.6. The molecule has 0 amide bonds. The van der Waals surface area contributed by atoms with Crippen LogP contribution in [0.15, 0.2) is 18.3 Å². The van der Waals surface area contributed by atoms with E-state index >= 15 is 0 Å². The van der Waals surface area contributed by atoms with E-state index < -0.39 is 5.97 Å². The van der Waals surface area contributed by atoms with Crippen LogP contribution in [0, 0.1) is 0 Å². The molecular weight excluding hydrogens is 204 g/mol. The zero-order chi connectivity index (χ0) is 11.6. The van der Waals surface area contributed by atoms with E-state index in [0.29, 0.717) is 0 Å². The van der Waals surface area contributed by atoms with Crippen LogP contribution in [-0.4, -0.2) is 21.6 Å². The van der Waals surface area contributed by atoms with Gasteiger partial charge in [-0.15, -0.1) is 0 Å². The van der Waals surface area contributed by atoms with E-state index in [9.17, 15) is 4.79 Å². The summed E-state index contributed by atoms with van der Waals surface area (Å²) in [5.41, 5.74) is 1.21. The van der Waals surface area contributed by atoms with Gasteiger partial charge in [-0.25, -0.2) is 9.78 Å². The van der Waals surface area contributed by atoms with E-state index in [1.165, 1.54) is 25.3 Å². The van der Waals surface area contributed by atoms with Crippen molar-refractivity contribution < 1.29 is 9.90 Å². The number of nitrogens with zero attached hydrogens (tertiary/aromatic N) is 1. The Bertz CT molecular complexity index is 377. The molecule has 0 spiro atoms. The lowest BCUT2D eigenvalue weighted by Gasteiger charge is -2.42. The van der Waals surface area contributed by atoms with Gasteiger partial charge < -0.3 is 10.4 Å². The van der Waals surface area contributed by atoms with Gasteiger partial charge in [0.15, 0.2) is 0 Å². The largest absolute Gasteiger partial charge is 0.477 e. The van der Waals surface area contributed by atoms with E-state index in [4.69, 9.17) is 5.11 Å². The molecule has 1 aliphatic carbocycles. The SMILES string of the molecule is CCC1(Nc2ccc(C(=O)O)nc2)CCC1. The van der Waals surface area contributed by atoms with Crippen molar-refractivity contribution in [2.24, 2.45) is 0 Å². The smallest absolute Gasteiger partial charge is 0.354 e. The number of carbonyl (C=O) groups is 1. The molecule has 1 aromatic rings. The van der Waals surface area contributed by atoms with Crippen LogP contribution in [0.3, 0.4) is 0 Å². The highest BCUT2D eigenvalue weighted by Crippen LogP contribution is 2.37. The van der Waals surface area contributed by atoms with Crippen molar-refractivity contribution in [1.82, 2.24) is 4.98 Å². The van der Waals surface area contributed by atoms with Gasteiger partial charge in [0.1, 0.15) is 5.69 Å². The molecule has 0 aliphatic heterocycles. The van der Waals surface area contributed by atoms with Crippen molar-refractivity contribution >= 4 is 11.7 Å². The van der Waals surface area contributed by atoms with Crippen LogP contribution in [0.4, 0.5) is 5.69 Å². The summed E-state index contributed by atoms with van der Waals surface area (Å²) in [4.78, 5) is 14.5. The number of nitrogens with one attached hydrogen (secondary N) is 1. The summed E-state index contributed by atoms with van der Waals surface area (Å²) in [5, 5.41) is 12.2. The van der Waals surface area contributed by atoms with Crippen molar-refractivity contribution in [3.8, 4) is 0 Å². The highest BCUT2D eigenvalue weighted by atomic mass is 16.4. The third kappa shape index (κ3) is 2.01. The average molecular weight is 220 g/mol. The lowest BCUT2D eigenvalue weighted by molar-refractivity contribution is 0.0690. The van der Waals surface area contributed by atoms with E-state index in [2.05, 4.69) is 17.2 Å². The van der Waals surface area contributed by atoms with Crippen LogP contribution in [0.2, 0.25) is 0 Å². The molecule has 1 fully saturated rings. The minimum atomic E-state index is -0.986. The summed E-state index contributed by atoms with van der Waals surface area (Å²) in [5.74, 6) is -0.986. The van der Waals surface area contributed by atoms with Gasteiger partial charge in [-0.2, -0.15) is 0 Å². The van der Waals surface area contributed by atoms with Gasteiger partial charge in [0, 0.05) is 5.54 Å². The Hall–Kier alpha value is -1.58. The second kappa shape index (κ2) is 4.12. The maximum absolute atomic E-state index is 10.6. The highest BCUT2D eigenvalue weighted by molar-refractivity contribution is 5.85. The molecule has 0 unspecified atom stereocenters. The number of rotatable bonds is 4. The Morgan fingerprint density at radius 1 is 1.56 bits per heavy atom. The molecule has 16 heavy (non-hydrogen) atoms. The molecule has 86 valence electrons. The number of carboxylic acids is 1. The van der Waals surface area contributed by atoms with E-state index in [1.807, 2.05) is 0 Å². The van der Waals surface area contributed by atoms with Crippen LogP contribution >= 0.6 is 0 Å². The number of aromatic nitrogens is 1. The summed E-state index contributed by atoms with van der Waals surface area (Å²) in [7, 11) is 0. The Balaban J connectivity index is 2.07. The third-order valence-electron chi connectivity index (χ3n) is 3.38. The fraction of sp³-hybridized carbons (Fsp3) is 0.500. The third-order valence-corrected chi connectivity index (χ3v) is 3.38. The first kappa shape index (κ1) is 10.9. The van der Waals surface area contributed by atoms with Gasteiger partial charge >= 0.3 is 5.97 Å². The summed E-state index contributed by atoms with van der Waals surface area (Å²) >= 11 is 0. The molecule has 2 rings (SSSR count). The fourth-order valence-electron chi connectivity index (χ4n) is 2.07. The molecule has 0 radical (unpaired) electrons. The van der Waals surface area contributed by atoms with E-state index in [0.717, 1.165) is 12.1 Å². The number of aromatic carboxylic acids is 1. The number of anilines is 1. The van der Waals surface area contributed by atoms with Crippen molar-refractivity contribution in [2.45, 2.75) is 38.1 Å². The Morgan fingerprint density at radius 3 is 2.69 bits per heavy atom. The quantitative estimate of drug-likeness (QED) is 0.818. The van der Waals surface area contributed by atoms with Crippen LogP contribution < -0.4 is 5.32 Å². The molecule has 1 aromatic heterocycles. The van der Waals surface area contributed by atoms with E-state index in [-0.39, 0.29) is 11.2 Å². The van der Waals surface area contributed by atoms with Crippen molar-refractivity contribution in [2.75, 3.05) is 5.32 Å². The van der Waals surface area contributed by atoms with Gasteiger partial charge in [0.2, 0.25) is 0 Å². The van der Waals surface area contributed by atoms with Crippen LogP contribution in [0.25, 0.3) is 0 Å². The monoisotopic (exact) mass is 220 g/mol. The van der Waals surface area contributed by atoms with Crippen molar-refractivity contribution in [3.05, 3.63) is 24.0 Å². The highest BCUT2D eigenvalue weighted by Gasteiger charge is 2.34. The zero-order valence-electron chi connectivity index (χ0n) is 9.36. The standard InChI is InChI=1S/C12H16N2O2/c1-2-12(6-3-7-12)14-9-4-5-10(11(15)16)13-8-9/h4-5,8,14H,2-3,6-7H2,1H3,(H,15,16). The van der Waals surface area contributed by atoms with Crippen molar-refractivity contribution in [3.63, 3.8) is 0 Å². The lowest BCUT2D eigenvalue weighted by Crippen LogP contribution is -2.44. The van der Waals surface area contributed by atoms with Crippen LogP contribution in [0.1, 0.15) is 43.1 Å². The molecule has 1 aliphatic rings. The minimum Gasteiger partial charge on any atom is -0.477 e. The van der Waals surface area contributed by atoms with E-state index in [1.54, 1.807) is 12.3 Å². The molecule has 0 atom stereocenters. The molecule has 1 heterocycles. The minimum absolute atomic E-state index is 0.0877. The topological polar surface area (TPSA) is 62.2 Å². The van der Waals surface area contributed by atoms with Gasteiger partial charge in [0.05, 0.1) is 11.9 Å². The molecule has 0 aromatic carbocycles. The number of hydrogen-bond acceptors (Lipinski definition) is 3. The summed E-state index contributed by atoms with van der Waals surface area (Å²) < 4.78 is 0. The number of hydrogen-bond donors (Lipinski definition) is 2. The summed E-state index contributed by atoms with van der Waals surface area (Å²) in [6.07, 6.45) is 6.32. The van der Waals surface area contributed by atoms with Gasteiger partial charge in [-0.3, -0.25) is 0 Å². The molecule has 0 saturated heterocycles. The maximum atomic E-state index is 10.6. The lowest BCUT2D eigenvalue weighted by atomic mass is 9.75.